The smallest absolute Gasteiger partial charge is 0.0867 e. The molecule has 1 aromatic heterocycles. The molecule has 1 aromatic carbocycles. The average molecular weight is 352 g/mol. The van der Waals surface area contributed by atoms with Crippen LogP contribution in [0.4, 0.5) is 0 Å². The number of rotatable bonds is 4. The van der Waals surface area contributed by atoms with Gasteiger partial charge in [-0.05, 0) is 49.3 Å². The van der Waals surface area contributed by atoms with Crippen molar-refractivity contribution in [2.45, 2.75) is 49.6 Å². The van der Waals surface area contributed by atoms with Crippen molar-refractivity contribution in [3.63, 3.8) is 0 Å². The van der Waals surface area contributed by atoms with Crippen molar-refractivity contribution in [2.24, 2.45) is 0 Å². The van der Waals surface area contributed by atoms with Crippen molar-refractivity contribution < 1.29 is 0 Å². The van der Waals surface area contributed by atoms with Gasteiger partial charge in [-0.1, -0.05) is 41.9 Å². The van der Waals surface area contributed by atoms with Gasteiger partial charge in [-0.15, -0.1) is 0 Å². The third-order valence-corrected chi connectivity index (χ3v) is 6.12. The van der Waals surface area contributed by atoms with E-state index < -0.39 is 5.41 Å². The highest BCUT2D eigenvalue weighted by Gasteiger charge is 2.49. The molecule has 128 valence electrons. The van der Waals surface area contributed by atoms with E-state index in [1.807, 2.05) is 12.3 Å². The van der Waals surface area contributed by atoms with E-state index in [4.69, 9.17) is 11.6 Å². The molecule has 0 spiro atoms. The predicted octanol–water partition coefficient (Wildman–Crippen LogP) is 4.37. The first-order chi connectivity index (χ1) is 12.2. The minimum atomic E-state index is -0.438. The molecule has 3 heterocycles. The van der Waals surface area contributed by atoms with Crippen LogP contribution in [0.1, 0.15) is 36.8 Å². The monoisotopic (exact) mass is 351 g/mol. The molecule has 4 heteroatoms. The van der Waals surface area contributed by atoms with Gasteiger partial charge < -0.3 is 0 Å². The van der Waals surface area contributed by atoms with E-state index in [1.165, 1.54) is 18.4 Å². The van der Waals surface area contributed by atoms with Crippen LogP contribution in [0.15, 0.2) is 48.8 Å². The Morgan fingerprint density at radius 1 is 1.16 bits per heavy atom. The van der Waals surface area contributed by atoms with Gasteiger partial charge in [-0.2, -0.15) is 5.26 Å². The van der Waals surface area contributed by atoms with Crippen LogP contribution in [0.3, 0.4) is 0 Å². The molecule has 2 saturated heterocycles. The van der Waals surface area contributed by atoms with Gasteiger partial charge in [0.25, 0.3) is 0 Å². The van der Waals surface area contributed by atoms with Crippen molar-refractivity contribution in [1.29, 1.82) is 5.26 Å². The summed E-state index contributed by atoms with van der Waals surface area (Å²) >= 11 is 6.14. The topological polar surface area (TPSA) is 39.9 Å². The zero-order chi connectivity index (χ0) is 17.3. The molecule has 2 fully saturated rings. The van der Waals surface area contributed by atoms with Gasteiger partial charge in [-0.3, -0.25) is 9.88 Å². The van der Waals surface area contributed by atoms with E-state index in [1.54, 1.807) is 6.20 Å². The number of fused-ring (bicyclic) bond motifs is 2. The number of nitriles is 1. The third kappa shape index (κ3) is 3.17. The van der Waals surface area contributed by atoms with Gasteiger partial charge in [0.1, 0.15) is 0 Å². The highest BCUT2D eigenvalue weighted by Crippen LogP contribution is 2.47. The Morgan fingerprint density at radius 2 is 1.88 bits per heavy atom. The quantitative estimate of drug-likeness (QED) is 0.821. The molecule has 2 unspecified atom stereocenters. The number of hydrogen-bond acceptors (Lipinski definition) is 3. The molecule has 25 heavy (non-hydrogen) atoms. The molecular weight excluding hydrogens is 330 g/mol. The van der Waals surface area contributed by atoms with Crippen LogP contribution in [-0.4, -0.2) is 28.5 Å². The normalized spacial score (nSPS) is 28.6. The molecule has 2 aliphatic rings. The maximum Gasteiger partial charge on any atom is 0.0867 e. The second-order valence-corrected chi connectivity index (χ2v) is 7.79. The summed E-state index contributed by atoms with van der Waals surface area (Å²) in [5.41, 5.74) is 1.94. The molecule has 3 nitrogen and oxygen atoms in total. The van der Waals surface area contributed by atoms with Crippen molar-refractivity contribution in [3.8, 4) is 6.07 Å². The molecule has 0 amide bonds. The number of benzene rings is 1. The van der Waals surface area contributed by atoms with E-state index in [2.05, 4.69) is 46.3 Å². The third-order valence-electron chi connectivity index (χ3n) is 5.91. The summed E-state index contributed by atoms with van der Waals surface area (Å²) in [4.78, 5) is 6.86. The molecule has 2 aromatic rings. The number of piperidine rings is 1. The zero-order valence-electron chi connectivity index (χ0n) is 14.2. The molecular formula is C21H22ClN3. The Bertz CT molecular complexity index is 769. The standard InChI is InChI=1S/C21H22ClN3/c22-18-10-17(13-24-14-18)21(15-23)11-19-6-7-20(12-21)25(19)9-8-16-4-2-1-3-5-16/h1-5,10,13-14,19-20H,6-9,11-12H2. The summed E-state index contributed by atoms with van der Waals surface area (Å²) in [7, 11) is 0. The minimum Gasteiger partial charge on any atom is -0.297 e. The van der Waals surface area contributed by atoms with Crippen molar-refractivity contribution in [2.75, 3.05) is 6.54 Å². The lowest BCUT2D eigenvalue weighted by Gasteiger charge is -2.43. The zero-order valence-corrected chi connectivity index (χ0v) is 15.0. The fraction of sp³-hybridized carbons (Fsp3) is 0.429. The molecule has 2 bridgehead atoms. The van der Waals surface area contributed by atoms with Gasteiger partial charge in [0.15, 0.2) is 0 Å². The number of pyridine rings is 1. The van der Waals surface area contributed by atoms with E-state index in [-0.39, 0.29) is 0 Å². The first kappa shape index (κ1) is 16.6. The molecule has 0 N–H and O–H groups in total. The van der Waals surface area contributed by atoms with E-state index in [0.29, 0.717) is 17.1 Å². The van der Waals surface area contributed by atoms with Crippen LogP contribution in [0.25, 0.3) is 0 Å². The SMILES string of the molecule is N#CC1(c2cncc(Cl)c2)CC2CCC(C1)N2CCc1ccccc1. The predicted molar refractivity (Wildman–Crippen MR) is 99.4 cm³/mol. The Labute approximate surface area is 154 Å². The Kier molecular flexibility index (Phi) is 4.50. The number of aromatic nitrogens is 1. The van der Waals surface area contributed by atoms with Gasteiger partial charge in [0.2, 0.25) is 0 Å². The average Bonchev–Trinajstić information content (AvgIpc) is 2.89. The van der Waals surface area contributed by atoms with Crippen LogP contribution < -0.4 is 0 Å². The second kappa shape index (κ2) is 6.78. The lowest BCUT2D eigenvalue weighted by molar-refractivity contribution is 0.106. The molecule has 0 saturated carbocycles. The van der Waals surface area contributed by atoms with Crippen LogP contribution in [-0.2, 0) is 11.8 Å². The van der Waals surface area contributed by atoms with Crippen molar-refractivity contribution in [1.82, 2.24) is 9.88 Å². The van der Waals surface area contributed by atoms with E-state index in [0.717, 1.165) is 31.4 Å². The van der Waals surface area contributed by atoms with Crippen molar-refractivity contribution >= 4 is 11.6 Å². The summed E-state index contributed by atoms with van der Waals surface area (Å²) in [6.07, 6.45) is 8.70. The summed E-state index contributed by atoms with van der Waals surface area (Å²) < 4.78 is 0. The van der Waals surface area contributed by atoms with Crippen molar-refractivity contribution in [3.05, 3.63) is 64.9 Å². The maximum atomic E-state index is 10.0. The largest absolute Gasteiger partial charge is 0.297 e. The second-order valence-electron chi connectivity index (χ2n) is 7.35. The minimum absolute atomic E-state index is 0.438. The maximum absolute atomic E-state index is 10.0. The van der Waals surface area contributed by atoms with Gasteiger partial charge in [0.05, 0.1) is 16.5 Å². The fourth-order valence-electron chi connectivity index (χ4n) is 4.67. The number of hydrogen-bond donors (Lipinski definition) is 0. The number of nitrogens with zero attached hydrogens (tertiary/aromatic N) is 3. The first-order valence-electron chi connectivity index (χ1n) is 9.02. The summed E-state index contributed by atoms with van der Waals surface area (Å²) in [5.74, 6) is 0. The Balaban J connectivity index is 1.52. The highest BCUT2D eigenvalue weighted by molar-refractivity contribution is 6.30. The molecule has 2 aliphatic heterocycles. The van der Waals surface area contributed by atoms with Crippen LogP contribution in [0, 0.1) is 11.3 Å². The summed E-state index contributed by atoms with van der Waals surface area (Å²) in [6.45, 7) is 1.08. The van der Waals surface area contributed by atoms with E-state index in [9.17, 15) is 5.26 Å². The van der Waals surface area contributed by atoms with Gasteiger partial charge >= 0.3 is 0 Å². The van der Waals surface area contributed by atoms with Gasteiger partial charge in [0, 0.05) is 31.0 Å². The van der Waals surface area contributed by atoms with Crippen LogP contribution in [0.2, 0.25) is 5.02 Å². The Hall–Kier alpha value is -1.89. The molecule has 4 rings (SSSR count). The lowest BCUT2D eigenvalue weighted by atomic mass is 9.71. The lowest BCUT2D eigenvalue weighted by Crippen LogP contribution is -2.49. The first-order valence-corrected chi connectivity index (χ1v) is 9.40. The Morgan fingerprint density at radius 3 is 2.52 bits per heavy atom. The van der Waals surface area contributed by atoms with Crippen LogP contribution >= 0.6 is 11.6 Å². The molecule has 0 aliphatic carbocycles. The van der Waals surface area contributed by atoms with Crippen LogP contribution in [0.5, 0.6) is 0 Å². The van der Waals surface area contributed by atoms with Gasteiger partial charge in [-0.25, -0.2) is 0 Å². The summed E-state index contributed by atoms with van der Waals surface area (Å²) in [6, 6.07) is 16.2. The fourth-order valence-corrected chi connectivity index (χ4v) is 4.85. The number of halogens is 1. The summed E-state index contributed by atoms with van der Waals surface area (Å²) in [5, 5.41) is 10.6. The highest BCUT2D eigenvalue weighted by atomic mass is 35.5. The molecule has 0 radical (unpaired) electrons. The molecule has 2 atom stereocenters. The van der Waals surface area contributed by atoms with E-state index >= 15 is 0 Å².